The minimum absolute atomic E-state index is 0.153. The standard InChI is InChI=1S/C21H19ClN2O3/c1-14-9-10-16(22)13-17(14)23-20(25)18(12-15-6-3-2-4-7-15)24-21(26)19-8-5-11-27-19/h2-11,13,18H,12H2,1H3,(H,23,25)(H,24,26). The molecule has 2 amide bonds. The maximum Gasteiger partial charge on any atom is 0.287 e. The average Bonchev–Trinajstić information content (AvgIpc) is 3.20. The van der Waals surface area contributed by atoms with Gasteiger partial charge in [-0.3, -0.25) is 9.59 Å². The third-order valence-corrected chi connectivity index (χ3v) is 4.34. The highest BCUT2D eigenvalue weighted by Gasteiger charge is 2.23. The van der Waals surface area contributed by atoms with E-state index in [-0.39, 0.29) is 11.7 Å². The van der Waals surface area contributed by atoms with Crippen LogP contribution < -0.4 is 10.6 Å². The molecule has 1 aromatic heterocycles. The number of anilines is 1. The lowest BCUT2D eigenvalue weighted by Gasteiger charge is -2.19. The van der Waals surface area contributed by atoms with Gasteiger partial charge in [-0.05, 0) is 42.3 Å². The van der Waals surface area contributed by atoms with Crippen molar-refractivity contribution < 1.29 is 14.0 Å². The van der Waals surface area contributed by atoms with Gasteiger partial charge in [-0.15, -0.1) is 0 Å². The van der Waals surface area contributed by atoms with Gasteiger partial charge in [0.05, 0.1) is 6.26 Å². The molecule has 2 aromatic carbocycles. The quantitative estimate of drug-likeness (QED) is 0.670. The fourth-order valence-corrected chi connectivity index (χ4v) is 2.82. The number of carbonyl (C=O) groups is 2. The van der Waals surface area contributed by atoms with E-state index in [1.807, 2.05) is 43.3 Å². The minimum atomic E-state index is -0.775. The molecule has 0 radical (unpaired) electrons. The predicted octanol–water partition coefficient (Wildman–Crippen LogP) is 4.22. The van der Waals surface area contributed by atoms with Crippen molar-refractivity contribution in [2.45, 2.75) is 19.4 Å². The first-order valence-corrected chi connectivity index (χ1v) is 8.86. The van der Waals surface area contributed by atoms with Gasteiger partial charge in [-0.2, -0.15) is 0 Å². The Bertz CT molecular complexity index is 924. The Kier molecular flexibility index (Phi) is 5.94. The van der Waals surface area contributed by atoms with Crippen LogP contribution in [0.5, 0.6) is 0 Å². The second-order valence-corrected chi connectivity index (χ2v) is 6.58. The highest BCUT2D eigenvalue weighted by molar-refractivity contribution is 6.31. The molecule has 3 rings (SSSR count). The maximum absolute atomic E-state index is 12.9. The van der Waals surface area contributed by atoms with Crippen molar-refractivity contribution in [3.05, 3.63) is 88.8 Å². The highest BCUT2D eigenvalue weighted by Crippen LogP contribution is 2.20. The summed E-state index contributed by atoms with van der Waals surface area (Å²) in [6, 6.07) is 17.2. The summed E-state index contributed by atoms with van der Waals surface area (Å²) < 4.78 is 5.12. The normalized spacial score (nSPS) is 11.6. The van der Waals surface area contributed by atoms with Crippen molar-refractivity contribution >= 4 is 29.1 Å². The molecular weight excluding hydrogens is 364 g/mol. The Hall–Kier alpha value is -3.05. The van der Waals surface area contributed by atoms with Crippen molar-refractivity contribution in [1.82, 2.24) is 5.32 Å². The van der Waals surface area contributed by atoms with Crippen molar-refractivity contribution in [2.24, 2.45) is 0 Å². The predicted molar refractivity (Wildman–Crippen MR) is 105 cm³/mol. The second-order valence-electron chi connectivity index (χ2n) is 6.14. The van der Waals surface area contributed by atoms with E-state index in [1.54, 1.807) is 24.3 Å². The summed E-state index contributed by atoms with van der Waals surface area (Å²) in [5.41, 5.74) is 2.42. The third-order valence-electron chi connectivity index (χ3n) is 4.11. The first-order chi connectivity index (χ1) is 13.0. The van der Waals surface area contributed by atoms with Crippen LogP contribution >= 0.6 is 11.6 Å². The van der Waals surface area contributed by atoms with Gasteiger partial charge < -0.3 is 15.1 Å². The van der Waals surface area contributed by atoms with Crippen molar-refractivity contribution in [3.8, 4) is 0 Å². The molecule has 1 heterocycles. The molecule has 3 aromatic rings. The molecule has 0 bridgehead atoms. The average molecular weight is 383 g/mol. The van der Waals surface area contributed by atoms with E-state index in [9.17, 15) is 9.59 Å². The topological polar surface area (TPSA) is 71.3 Å². The van der Waals surface area contributed by atoms with Crippen molar-refractivity contribution in [3.63, 3.8) is 0 Å². The summed E-state index contributed by atoms with van der Waals surface area (Å²) in [6.07, 6.45) is 1.76. The molecule has 1 atom stereocenters. The lowest BCUT2D eigenvalue weighted by molar-refractivity contribution is -0.118. The maximum atomic E-state index is 12.9. The van der Waals surface area contributed by atoms with E-state index in [0.717, 1.165) is 11.1 Å². The second kappa shape index (κ2) is 8.56. The summed E-state index contributed by atoms with van der Waals surface area (Å²) in [5.74, 6) is -0.622. The zero-order valence-electron chi connectivity index (χ0n) is 14.7. The molecule has 0 fully saturated rings. The number of furan rings is 1. The molecule has 0 saturated heterocycles. The Morgan fingerprint density at radius 1 is 1.07 bits per heavy atom. The van der Waals surface area contributed by atoms with Gasteiger partial charge in [0.1, 0.15) is 6.04 Å². The van der Waals surface area contributed by atoms with Crippen LogP contribution in [0.15, 0.2) is 71.3 Å². The van der Waals surface area contributed by atoms with Crippen LogP contribution in [-0.2, 0) is 11.2 Å². The Morgan fingerprint density at radius 2 is 1.85 bits per heavy atom. The fourth-order valence-electron chi connectivity index (χ4n) is 2.64. The van der Waals surface area contributed by atoms with Crippen LogP contribution in [-0.4, -0.2) is 17.9 Å². The van der Waals surface area contributed by atoms with Gasteiger partial charge in [0.15, 0.2) is 5.76 Å². The Balaban J connectivity index is 1.80. The number of aryl methyl sites for hydroxylation is 1. The van der Waals surface area contributed by atoms with Gasteiger partial charge in [-0.25, -0.2) is 0 Å². The van der Waals surface area contributed by atoms with Gasteiger partial charge in [0.25, 0.3) is 5.91 Å². The van der Waals surface area contributed by atoms with E-state index < -0.39 is 11.9 Å². The zero-order valence-corrected chi connectivity index (χ0v) is 15.5. The van der Waals surface area contributed by atoms with E-state index in [2.05, 4.69) is 10.6 Å². The molecular formula is C21H19ClN2O3. The van der Waals surface area contributed by atoms with Gasteiger partial charge in [-0.1, -0.05) is 48.0 Å². The Labute approximate surface area is 162 Å². The summed E-state index contributed by atoms with van der Waals surface area (Å²) >= 11 is 6.03. The summed E-state index contributed by atoms with van der Waals surface area (Å²) in [6.45, 7) is 1.87. The molecule has 0 aliphatic carbocycles. The third kappa shape index (κ3) is 4.99. The van der Waals surface area contributed by atoms with E-state index in [4.69, 9.17) is 16.0 Å². The zero-order chi connectivity index (χ0) is 19.2. The van der Waals surface area contributed by atoms with Gasteiger partial charge >= 0.3 is 0 Å². The first-order valence-electron chi connectivity index (χ1n) is 8.48. The van der Waals surface area contributed by atoms with Crippen LogP contribution in [0.2, 0.25) is 5.02 Å². The van der Waals surface area contributed by atoms with Crippen LogP contribution in [0.1, 0.15) is 21.7 Å². The lowest BCUT2D eigenvalue weighted by atomic mass is 10.0. The van der Waals surface area contributed by atoms with E-state index in [1.165, 1.54) is 6.26 Å². The van der Waals surface area contributed by atoms with E-state index >= 15 is 0 Å². The fraction of sp³-hybridized carbons (Fsp3) is 0.143. The Morgan fingerprint density at radius 3 is 2.56 bits per heavy atom. The molecule has 0 spiro atoms. The van der Waals surface area contributed by atoms with E-state index in [0.29, 0.717) is 17.1 Å². The monoisotopic (exact) mass is 382 g/mol. The SMILES string of the molecule is Cc1ccc(Cl)cc1NC(=O)C(Cc1ccccc1)NC(=O)c1ccco1. The van der Waals surface area contributed by atoms with Crippen LogP contribution in [0.25, 0.3) is 0 Å². The largest absolute Gasteiger partial charge is 0.459 e. The number of hydrogen-bond donors (Lipinski definition) is 2. The molecule has 0 saturated carbocycles. The number of halogens is 1. The number of amides is 2. The number of carbonyl (C=O) groups excluding carboxylic acids is 2. The van der Waals surface area contributed by atoms with Crippen molar-refractivity contribution in [2.75, 3.05) is 5.32 Å². The smallest absolute Gasteiger partial charge is 0.287 e. The minimum Gasteiger partial charge on any atom is -0.459 e. The summed E-state index contributed by atoms with van der Waals surface area (Å²) in [4.78, 5) is 25.3. The van der Waals surface area contributed by atoms with Crippen LogP contribution in [0.4, 0.5) is 5.69 Å². The van der Waals surface area contributed by atoms with Crippen molar-refractivity contribution in [1.29, 1.82) is 0 Å². The lowest BCUT2D eigenvalue weighted by Crippen LogP contribution is -2.45. The summed E-state index contributed by atoms with van der Waals surface area (Å²) in [5, 5.41) is 6.12. The number of rotatable bonds is 6. The summed E-state index contributed by atoms with van der Waals surface area (Å²) in [7, 11) is 0. The van der Waals surface area contributed by atoms with Gasteiger partial charge in [0, 0.05) is 17.1 Å². The number of benzene rings is 2. The highest BCUT2D eigenvalue weighted by atomic mass is 35.5. The molecule has 2 N–H and O–H groups in total. The first kappa shape index (κ1) is 18.7. The number of hydrogen-bond acceptors (Lipinski definition) is 3. The van der Waals surface area contributed by atoms with Crippen LogP contribution in [0.3, 0.4) is 0 Å². The van der Waals surface area contributed by atoms with Crippen LogP contribution in [0, 0.1) is 6.92 Å². The molecule has 1 unspecified atom stereocenters. The molecule has 27 heavy (non-hydrogen) atoms. The molecule has 138 valence electrons. The molecule has 0 aliphatic heterocycles. The molecule has 6 heteroatoms. The number of nitrogens with one attached hydrogen (secondary N) is 2. The molecule has 0 aliphatic rings. The van der Waals surface area contributed by atoms with Gasteiger partial charge in [0.2, 0.25) is 5.91 Å². The molecule has 5 nitrogen and oxygen atoms in total.